The molecule has 3 aromatic rings. The fourth-order valence-electron chi connectivity index (χ4n) is 3.46. The number of aliphatic hydroxyl groups excluding tert-OH is 1. The van der Waals surface area contributed by atoms with Gasteiger partial charge in [-0.25, -0.2) is 9.78 Å². The molecule has 4 rings (SSSR count). The van der Waals surface area contributed by atoms with E-state index < -0.39 is 0 Å². The lowest BCUT2D eigenvalue weighted by Gasteiger charge is -2.34. The molecule has 1 aromatic heterocycles. The van der Waals surface area contributed by atoms with Crippen molar-refractivity contribution >= 4 is 22.9 Å². The van der Waals surface area contributed by atoms with E-state index in [1.807, 2.05) is 59.5 Å². The summed E-state index contributed by atoms with van der Waals surface area (Å²) in [4.78, 5) is 25.5. The average molecular weight is 434 g/mol. The van der Waals surface area contributed by atoms with E-state index in [9.17, 15) is 4.79 Å². The first-order valence-corrected chi connectivity index (χ1v) is 10.6. The van der Waals surface area contributed by atoms with Crippen molar-refractivity contribution in [3.05, 3.63) is 72.3 Å². The van der Waals surface area contributed by atoms with Crippen LogP contribution in [0.3, 0.4) is 0 Å². The number of ether oxygens (including phenoxy) is 2. The van der Waals surface area contributed by atoms with Gasteiger partial charge in [0.25, 0.3) is 0 Å². The molecule has 0 spiro atoms. The Kier molecular flexibility index (Phi) is 7.14. The molecule has 0 aliphatic carbocycles. The number of piperazine rings is 1. The molecule has 0 atom stereocenters. The largest absolute Gasteiger partial charge is 0.473 e. The van der Waals surface area contributed by atoms with E-state index in [0.29, 0.717) is 44.6 Å². The standard InChI is InChI=1S/C24H26N4O4/c29-16-6-7-17-31-22-20-10-4-5-11-21(20)25-23(26-22)27-12-14-28(15-13-27)24(30)32-18-19-8-2-1-3-9-19/h1-11,29H,12-18H2. The molecule has 8 nitrogen and oxygen atoms in total. The maximum Gasteiger partial charge on any atom is 0.410 e. The maximum atomic E-state index is 12.4. The second-order valence-electron chi connectivity index (χ2n) is 7.33. The first kappa shape index (κ1) is 21.6. The van der Waals surface area contributed by atoms with Gasteiger partial charge in [-0.3, -0.25) is 0 Å². The van der Waals surface area contributed by atoms with Crippen LogP contribution in [-0.4, -0.2) is 65.5 Å². The van der Waals surface area contributed by atoms with Crippen molar-refractivity contribution < 1.29 is 19.4 Å². The van der Waals surface area contributed by atoms with Gasteiger partial charge < -0.3 is 24.4 Å². The van der Waals surface area contributed by atoms with Gasteiger partial charge >= 0.3 is 6.09 Å². The number of nitrogens with zero attached hydrogens (tertiary/aromatic N) is 4. The van der Waals surface area contributed by atoms with Crippen LogP contribution in [-0.2, 0) is 11.3 Å². The second kappa shape index (κ2) is 10.6. The fourth-order valence-corrected chi connectivity index (χ4v) is 3.46. The zero-order valence-electron chi connectivity index (χ0n) is 17.8. The highest BCUT2D eigenvalue weighted by Gasteiger charge is 2.24. The van der Waals surface area contributed by atoms with E-state index in [4.69, 9.17) is 19.6 Å². The van der Waals surface area contributed by atoms with Crippen LogP contribution < -0.4 is 9.64 Å². The molecule has 2 heterocycles. The zero-order valence-corrected chi connectivity index (χ0v) is 17.8. The number of hydrogen-bond acceptors (Lipinski definition) is 7. The van der Waals surface area contributed by atoms with Crippen LogP contribution in [0, 0.1) is 0 Å². The molecule has 1 fully saturated rings. The number of para-hydroxylation sites is 1. The number of anilines is 1. The highest BCUT2D eigenvalue weighted by atomic mass is 16.6. The van der Waals surface area contributed by atoms with E-state index in [2.05, 4.69) is 4.98 Å². The van der Waals surface area contributed by atoms with Crippen molar-refractivity contribution in [3.8, 4) is 5.88 Å². The molecule has 32 heavy (non-hydrogen) atoms. The minimum Gasteiger partial charge on any atom is -0.473 e. The van der Waals surface area contributed by atoms with Crippen LogP contribution in [0.15, 0.2) is 66.7 Å². The summed E-state index contributed by atoms with van der Waals surface area (Å²) in [6.45, 7) is 2.79. The van der Waals surface area contributed by atoms with Crippen molar-refractivity contribution in [2.45, 2.75) is 6.61 Å². The van der Waals surface area contributed by atoms with Crippen LogP contribution in [0.4, 0.5) is 10.7 Å². The Balaban J connectivity index is 1.39. The third kappa shape index (κ3) is 5.33. The van der Waals surface area contributed by atoms with Crippen molar-refractivity contribution in [3.63, 3.8) is 0 Å². The van der Waals surface area contributed by atoms with Crippen LogP contribution in [0.5, 0.6) is 5.88 Å². The van der Waals surface area contributed by atoms with Gasteiger partial charge in [-0.05, 0) is 23.8 Å². The second-order valence-corrected chi connectivity index (χ2v) is 7.33. The Labute approximate surface area is 186 Å². The van der Waals surface area contributed by atoms with E-state index in [1.165, 1.54) is 0 Å². The average Bonchev–Trinajstić information content (AvgIpc) is 2.85. The van der Waals surface area contributed by atoms with Crippen molar-refractivity contribution in [2.24, 2.45) is 0 Å². The number of amides is 1. The maximum absolute atomic E-state index is 12.4. The molecule has 1 saturated heterocycles. The molecule has 1 N–H and O–H groups in total. The van der Waals surface area contributed by atoms with Gasteiger partial charge in [0.2, 0.25) is 11.8 Å². The van der Waals surface area contributed by atoms with Crippen LogP contribution in [0.2, 0.25) is 0 Å². The Morgan fingerprint density at radius 3 is 2.50 bits per heavy atom. The van der Waals surface area contributed by atoms with Crippen molar-refractivity contribution in [1.29, 1.82) is 0 Å². The minimum atomic E-state index is -0.312. The Morgan fingerprint density at radius 1 is 0.969 bits per heavy atom. The highest BCUT2D eigenvalue weighted by molar-refractivity contribution is 5.84. The molecule has 1 aliphatic rings. The Bertz CT molecular complexity index is 1070. The Morgan fingerprint density at radius 2 is 1.72 bits per heavy atom. The molecule has 0 radical (unpaired) electrons. The summed E-state index contributed by atoms with van der Waals surface area (Å²) < 4.78 is 11.3. The van der Waals surface area contributed by atoms with Crippen LogP contribution in [0.1, 0.15) is 5.56 Å². The molecule has 2 aromatic carbocycles. The number of rotatable bonds is 7. The van der Waals surface area contributed by atoms with Crippen molar-refractivity contribution in [1.82, 2.24) is 14.9 Å². The number of benzene rings is 2. The fraction of sp³-hybridized carbons (Fsp3) is 0.292. The monoisotopic (exact) mass is 434 g/mol. The molecule has 1 amide bonds. The molecule has 8 heteroatoms. The summed E-state index contributed by atoms with van der Waals surface area (Å²) in [5.41, 5.74) is 1.76. The van der Waals surface area contributed by atoms with Gasteiger partial charge in [-0.2, -0.15) is 4.98 Å². The lowest BCUT2D eigenvalue weighted by atomic mass is 10.2. The SMILES string of the molecule is O=C(OCc1ccccc1)N1CCN(c2nc(OCC=CCO)c3ccccc3n2)CC1. The summed E-state index contributed by atoms with van der Waals surface area (Å²) in [6, 6.07) is 17.3. The highest BCUT2D eigenvalue weighted by Crippen LogP contribution is 2.26. The summed E-state index contributed by atoms with van der Waals surface area (Å²) in [5.74, 6) is 1.07. The predicted molar refractivity (Wildman–Crippen MR) is 122 cm³/mol. The smallest absolute Gasteiger partial charge is 0.410 e. The number of carbonyl (C=O) groups excluding carboxylic acids is 1. The first-order chi connectivity index (χ1) is 15.7. The van der Waals surface area contributed by atoms with Crippen LogP contribution in [0.25, 0.3) is 10.9 Å². The molecular weight excluding hydrogens is 408 g/mol. The Hall–Kier alpha value is -3.65. The minimum absolute atomic E-state index is 0.0306. The van der Waals surface area contributed by atoms with E-state index in [-0.39, 0.29) is 19.3 Å². The van der Waals surface area contributed by atoms with Gasteiger partial charge in [-0.15, -0.1) is 0 Å². The van der Waals surface area contributed by atoms with E-state index in [0.717, 1.165) is 16.5 Å². The van der Waals surface area contributed by atoms with Gasteiger partial charge in [0.1, 0.15) is 13.2 Å². The van der Waals surface area contributed by atoms with Gasteiger partial charge in [0.15, 0.2) is 0 Å². The third-order valence-corrected chi connectivity index (χ3v) is 5.17. The van der Waals surface area contributed by atoms with Crippen LogP contribution >= 0.6 is 0 Å². The summed E-state index contributed by atoms with van der Waals surface area (Å²) in [6.07, 6.45) is 3.06. The number of fused-ring (bicyclic) bond motifs is 1. The summed E-state index contributed by atoms with van der Waals surface area (Å²) >= 11 is 0. The van der Waals surface area contributed by atoms with Gasteiger partial charge in [0.05, 0.1) is 17.5 Å². The lowest BCUT2D eigenvalue weighted by Crippen LogP contribution is -2.49. The zero-order chi connectivity index (χ0) is 22.2. The summed E-state index contributed by atoms with van der Waals surface area (Å²) in [7, 11) is 0. The van der Waals surface area contributed by atoms with Gasteiger partial charge in [-0.1, -0.05) is 48.5 Å². The quantitative estimate of drug-likeness (QED) is 0.572. The van der Waals surface area contributed by atoms with E-state index >= 15 is 0 Å². The number of carbonyl (C=O) groups is 1. The topological polar surface area (TPSA) is 88.0 Å². The van der Waals surface area contributed by atoms with Gasteiger partial charge in [0, 0.05) is 26.2 Å². The lowest BCUT2D eigenvalue weighted by molar-refractivity contribution is 0.0940. The number of aliphatic hydroxyl groups is 1. The molecule has 0 unspecified atom stereocenters. The molecule has 166 valence electrons. The predicted octanol–water partition coefficient (Wildman–Crippen LogP) is 3.02. The number of hydrogen-bond donors (Lipinski definition) is 1. The van der Waals surface area contributed by atoms with Crippen molar-refractivity contribution in [2.75, 3.05) is 44.3 Å². The molecule has 0 bridgehead atoms. The normalized spacial score (nSPS) is 14.2. The molecule has 0 saturated carbocycles. The molecule has 1 aliphatic heterocycles. The number of aromatic nitrogens is 2. The third-order valence-electron chi connectivity index (χ3n) is 5.17. The summed E-state index contributed by atoms with van der Waals surface area (Å²) in [5, 5.41) is 9.72. The first-order valence-electron chi connectivity index (χ1n) is 10.6. The van der Waals surface area contributed by atoms with E-state index in [1.54, 1.807) is 17.1 Å². The molecular formula is C24H26N4O4.